The molecular weight excluding hydrogens is 411 g/mol. The Hall–Kier alpha value is -3.43. The lowest BCUT2D eigenvalue weighted by Crippen LogP contribution is -2.31. The van der Waals surface area contributed by atoms with Crippen molar-refractivity contribution in [3.63, 3.8) is 0 Å². The lowest BCUT2D eigenvalue weighted by atomic mass is 10.0. The number of nitrogens with two attached hydrogens (primary N) is 1. The Morgan fingerprint density at radius 3 is 2.45 bits per heavy atom. The number of likely N-dealkylation sites (tertiary alicyclic amines) is 1. The third kappa shape index (κ3) is 5.39. The molecule has 0 aliphatic carbocycles. The van der Waals surface area contributed by atoms with Crippen molar-refractivity contribution in [2.24, 2.45) is 5.73 Å². The second kappa shape index (κ2) is 9.59. The van der Waals surface area contributed by atoms with E-state index in [9.17, 15) is 22.8 Å². The molecule has 0 saturated carbocycles. The minimum Gasteiger partial charge on any atom is -0.370 e. The van der Waals surface area contributed by atoms with E-state index in [0.717, 1.165) is 38.1 Å². The quantitative estimate of drug-likeness (QED) is 0.683. The van der Waals surface area contributed by atoms with Crippen LogP contribution >= 0.6 is 0 Å². The first-order chi connectivity index (χ1) is 14.8. The van der Waals surface area contributed by atoms with E-state index in [1.165, 1.54) is 19.2 Å². The first kappa shape index (κ1) is 22.3. The summed E-state index contributed by atoms with van der Waals surface area (Å²) in [7, 11) is 0. The second-order valence-electron chi connectivity index (χ2n) is 7.17. The summed E-state index contributed by atoms with van der Waals surface area (Å²) in [6.45, 7) is 2.92. The highest BCUT2D eigenvalue weighted by molar-refractivity contribution is 5.83. The average Bonchev–Trinajstić information content (AvgIpc) is 3.38. The first-order valence-electron chi connectivity index (χ1n) is 9.69. The van der Waals surface area contributed by atoms with Gasteiger partial charge in [0.1, 0.15) is 17.9 Å². The van der Waals surface area contributed by atoms with Crippen LogP contribution in [0.1, 0.15) is 31.8 Å². The van der Waals surface area contributed by atoms with Gasteiger partial charge in [-0.15, -0.1) is 0 Å². The molecule has 31 heavy (non-hydrogen) atoms. The molecule has 0 atom stereocenters. The lowest BCUT2D eigenvalue weighted by molar-refractivity contribution is -0.130. The third-order valence-corrected chi connectivity index (χ3v) is 4.80. The molecule has 2 amide bonds. The van der Waals surface area contributed by atoms with Crippen molar-refractivity contribution in [2.75, 3.05) is 13.1 Å². The molecule has 3 heterocycles. The highest BCUT2D eigenvalue weighted by Gasteiger charge is 2.20. The van der Waals surface area contributed by atoms with E-state index >= 15 is 0 Å². The van der Waals surface area contributed by atoms with Gasteiger partial charge in [-0.1, -0.05) is 6.07 Å². The number of aromatic nitrogens is 3. The van der Waals surface area contributed by atoms with Gasteiger partial charge in [0.05, 0.1) is 17.3 Å². The number of halogens is 3. The van der Waals surface area contributed by atoms with Gasteiger partial charge in [0.2, 0.25) is 11.8 Å². The van der Waals surface area contributed by atoms with Gasteiger partial charge >= 0.3 is 0 Å². The largest absolute Gasteiger partial charge is 0.370 e. The number of fused-ring (bicyclic) bond motifs is 1. The number of carbonyl (C=O) groups excluding carboxylic acids is 2. The molecule has 3 aromatic rings. The fourth-order valence-electron chi connectivity index (χ4n) is 3.33. The molecule has 0 unspecified atom stereocenters. The minimum absolute atomic E-state index is 0.00956. The summed E-state index contributed by atoms with van der Waals surface area (Å²) in [5.41, 5.74) is 6.04. The highest BCUT2D eigenvalue weighted by atomic mass is 19.3. The number of hydrogen-bond acceptors (Lipinski definition) is 4. The summed E-state index contributed by atoms with van der Waals surface area (Å²) < 4.78 is 41.0. The average molecular weight is 433 g/mol. The molecule has 4 rings (SSSR count). The Morgan fingerprint density at radius 1 is 1.13 bits per heavy atom. The third-order valence-electron chi connectivity index (χ3n) is 4.80. The lowest BCUT2D eigenvalue weighted by Gasteiger charge is -2.15. The molecule has 1 saturated heterocycles. The van der Waals surface area contributed by atoms with E-state index in [0.29, 0.717) is 22.2 Å². The van der Waals surface area contributed by atoms with Crippen molar-refractivity contribution >= 4 is 22.8 Å². The number of carbonyl (C=O) groups is 2. The summed E-state index contributed by atoms with van der Waals surface area (Å²) in [5.74, 6) is -1.28. The fourth-order valence-corrected chi connectivity index (χ4v) is 3.33. The molecule has 1 fully saturated rings. The zero-order valence-corrected chi connectivity index (χ0v) is 16.9. The number of nitrogens with zero attached hydrogens (tertiary/aromatic N) is 4. The van der Waals surface area contributed by atoms with Crippen LogP contribution in [0.2, 0.25) is 0 Å². The van der Waals surface area contributed by atoms with Gasteiger partial charge in [-0.2, -0.15) is 5.10 Å². The van der Waals surface area contributed by atoms with Gasteiger partial charge in [0, 0.05) is 31.8 Å². The summed E-state index contributed by atoms with van der Waals surface area (Å²) in [6, 6.07) is 5.31. The van der Waals surface area contributed by atoms with Gasteiger partial charge in [-0.25, -0.2) is 13.2 Å². The van der Waals surface area contributed by atoms with Crippen molar-refractivity contribution in [1.29, 1.82) is 0 Å². The molecule has 1 aliphatic rings. The van der Waals surface area contributed by atoms with Crippen LogP contribution in [0.25, 0.3) is 22.2 Å². The molecular formula is C21H22F3N5O2. The number of pyridine rings is 1. The maximum absolute atomic E-state index is 13.5. The predicted octanol–water partition coefficient (Wildman–Crippen LogP) is 3.29. The van der Waals surface area contributed by atoms with Crippen molar-refractivity contribution in [3.8, 4) is 11.1 Å². The Bertz CT molecular complexity index is 1090. The summed E-state index contributed by atoms with van der Waals surface area (Å²) in [6.07, 6.45) is 2.21. The van der Waals surface area contributed by atoms with Crippen molar-refractivity contribution in [1.82, 2.24) is 19.7 Å². The molecule has 2 aromatic heterocycles. The van der Waals surface area contributed by atoms with Crippen LogP contribution in [0, 0.1) is 5.82 Å². The van der Waals surface area contributed by atoms with Crippen molar-refractivity contribution in [2.45, 2.75) is 32.7 Å². The van der Waals surface area contributed by atoms with Gasteiger partial charge < -0.3 is 10.6 Å². The number of benzene rings is 1. The minimum atomic E-state index is -2.90. The van der Waals surface area contributed by atoms with Gasteiger partial charge in [-0.05, 0) is 36.6 Å². The summed E-state index contributed by atoms with van der Waals surface area (Å²) in [5, 5.41) is 4.23. The predicted molar refractivity (Wildman–Crippen MR) is 109 cm³/mol. The first-order valence-corrected chi connectivity index (χ1v) is 9.69. The molecule has 164 valence electrons. The van der Waals surface area contributed by atoms with E-state index in [1.54, 1.807) is 21.8 Å². The molecule has 10 heteroatoms. The van der Waals surface area contributed by atoms with Crippen molar-refractivity contribution < 1.29 is 22.8 Å². The van der Waals surface area contributed by atoms with E-state index < -0.39 is 17.8 Å². The number of hydrogen-bond donors (Lipinski definition) is 1. The SMILES string of the molecule is CC(N)=O.O=C(Cn1ncc2ncc(-c3ccc(F)c(C(F)F)c3)cc21)N1CCCC1. The van der Waals surface area contributed by atoms with E-state index in [4.69, 9.17) is 0 Å². The van der Waals surface area contributed by atoms with Crippen LogP contribution in [0.3, 0.4) is 0 Å². The number of primary amides is 1. The Balaban J connectivity index is 0.000000628. The summed E-state index contributed by atoms with van der Waals surface area (Å²) in [4.78, 5) is 27.7. The van der Waals surface area contributed by atoms with E-state index in [1.807, 2.05) is 0 Å². The molecule has 2 N–H and O–H groups in total. The Morgan fingerprint density at radius 2 is 1.81 bits per heavy atom. The van der Waals surface area contributed by atoms with E-state index in [2.05, 4.69) is 15.8 Å². The zero-order valence-electron chi connectivity index (χ0n) is 16.9. The maximum Gasteiger partial charge on any atom is 0.266 e. The number of amides is 2. The van der Waals surface area contributed by atoms with Gasteiger partial charge in [-0.3, -0.25) is 19.3 Å². The van der Waals surface area contributed by atoms with E-state index in [-0.39, 0.29) is 18.4 Å². The molecule has 7 nitrogen and oxygen atoms in total. The zero-order chi connectivity index (χ0) is 22.5. The van der Waals surface area contributed by atoms with Gasteiger partial charge in [0.15, 0.2) is 0 Å². The van der Waals surface area contributed by atoms with Gasteiger partial charge in [0.25, 0.3) is 6.43 Å². The topological polar surface area (TPSA) is 94.1 Å². The van der Waals surface area contributed by atoms with Crippen LogP contribution in [0.15, 0.2) is 36.7 Å². The van der Waals surface area contributed by atoms with Crippen LogP contribution in [-0.2, 0) is 16.1 Å². The standard InChI is InChI=1S/C19H17F3N4O.C2H5NO/c20-15-4-3-12(7-14(15)19(21)22)13-8-17-16(23-9-13)10-24-26(17)11-18(27)25-5-1-2-6-25;1-2(3)4/h3-4,7-10,19H,1-2,5-6,11H2;1H3,(H2,3,4). The molecule has 0 spiro atoms. The normalized spacial score (nSPS) is 13.4. The molecule has 0 bridgehead atoms. The maximum atomic E-state index is 13.5. The molecule has 1 aliphatic heterocycles. The molecule has 0 radical (unpaired) electrons. The Labute approximate surface area is 176 Å². The number of alkyl halides is 2. The molecule has 1 aromatic carbocycles. The fraction of sp³-hybridized carbons (Fsp3) is 0.333. The van der Waals surface area contributed by atoms with Crippen LogP contribution in [0.5, 0.6) is 0 Å². The summed E-state index contributed by atoms with van der Waals surface area (Å²) >= 11 is 0. The Kier molecular flexibility index (Phi) is 6.88. The van der Waals surface area contributed by atoms with Crippen molar-refractivity contribution in [3.05, 3.63) is 48.0 Å². The highest BCUT2D eigenvalue weighted by Crippen LogP contribution is 2.29. The number of rotatable bonds is 4. The smallest absolute Gasteiger partial charge is 0.266 e. The van der Waals surface area contributed by atoms with Crippen LogP contribution in [0.4, 0.5) is 13.2 Å². The van der Waals surface area contributed by atoms with Crippen LogP contribution in [-0.4, -0.2) is 44.6 Å². The van der Waals surface area contributed by atoms with Crippen LogP contribution < -0.4 is 5.73 Å². The monoisotopic (exact) mass is 433 g/mol. The second-order valence-corrected chi connectivity index (χ2v) is 7.17.